The van der Waals surface area contributed by atoms with Gasteiger partial charge in [0, 0.05) is 45.1 Å². The predicted molar refractivity (Wildman–Crippen MR) is 101 cm³/mol. The summed E-state index contributed by atoms with van der Waals surface area (Å²) in [5, 5.41) is 0. The van der Waals surface area contributed by atoms with Crippen LogP contribution in [-0.2, 0) is 16.1 Å². The van der Waals surface area contributed by atoms with E-state index in [1.165, 1.54) is 36.1 Å². The van der Waals surface area contributed by atoms with Gasteiger partial charge in [0.2, 0.25) is 5.91 Å². The summed E-state index contributed by atoms with van der Waals surface area (Å²) in [6.07, 6.45) is 4.21. The number of hydrogen-bond donors (Lipinski definition) is 0. The first-order valence-corrected chi connectivity index (χ1v) is 9.57. The average Bonchev–Trinajstić information content (AvgIpc) is 2.59. The number of methoxy groups -OCH3 is 1. The second-order valence-electron chi connectivity index (χ2n) is 8.05. The minimum absolute atomic E-state index is 0.276. The first-order valence-electron chi connectivity index (χ1n) is 9.57. The molecule has 3 rings (SSSR count). The summed E-state index contributed by atoms with van der Waals surface area (Å²) < 4.78 is 5.19. The van der Waals surface area contributed by atoms with Crippen LogP contribution in [0.1, 0.15) is 42.4 Å². The molecule has 138 valence electrons. The molecule has 0 bridgehead atoms. The lowest BCUT2D eigenvalue weighted by atomic mass is 9.73. The van der Waals surface area contributed by atoms with Gasteiger partial charge in [-0.2, -0.15) is 0 Å². The number of carbonyl (C=O) groups excluding carboxylic acids is 1. The molecule has 1 aromatic carbocycles. The highest BCUT2D eigenvalue weighted by Gasteiger charge is 2.41. The molecular weight excluding hydrogens is 312 g/mol. The summed E-state index contributed by atoms with van der Waals surface area (Å²) in [5.74, 6) is 0.300. The topological polar surface area (TPSA) is 32.8 Å². The number of benzene rings is 1. The van der Waals surface area contributed by atoms with Crippen molar-refractivity contribution < 1.29 is 9.53 Å². The van der Waals surface area contributed by atoms with Crippen LogP contribution in [0.3, 0.4) is 0 Å². The lowest BCUT2D eigenvalue weighted by molar-refractivity contribution is -0.140. The van der Waals surface area contributed by atoms with Gasteiger partial charge in [0.15, 0.2) is 0 Å². The molecule has 0 aliphatic carbocycles. The van der Waals surface area contributed by atoms with Gasteiger partial charge in [0.1, 0.15) is 0 Å². The van der Waals surface area contributed by atoms with Crippen molar-refractivity contribution in [2.24, 2.45) is 5.41 Å². The SMILES string of the molecule is COCCN1C[C@]2(CCCN(Cc3ccc(C)cc3C)C2)CCC1=O. The molecule has 1 aromatic rings. The Morgan fingerprint density at radius 2 is 2.04 bits per heavy atom. The van der Waals surface area contributed by atoms with Crippen LogP contribution in [0.4, 0.5) is 0 Å². The fourth-order valence-corrected chi connectivity index (χ4v) is 4.55. The number of amides is 1. The molecule has 1 atom stereocenters. The Bertz CT molecular complexity index is 616. The summed E-state index contributed by atoms with van der Waals surface area (Å²) in [4.78, 5) is 16.9. The van der Waals surface area contributed by atoms with Gasteiger partial charge in [0.25, 0.3) is 0 Å². The molecule has 0 aromatic heterocycles. The third kappa shape index (κ3) is 4.42. The summed E-state index contributed by atoms with van der Waals surface area (Å²) in [5.41, 5.74) is 4.43. The van der Waals surface area contributed by atoms with Crippen molar-refractivity contribution in [2.75, 3.05) is 39.9 Å². The second kappa shape index (κ2) is 7.88. The van der Waals surface area contributed by atoms with Crippen LogP contribution in [0.5, 0.6) is 0 Å². The minimum Gasteiger partial charge on any atom is -0.383 e. The molecule has 4 heteroatoms. The lowest BCUT2D eigenvalue weighted by Gasteiger charge is -2.48. The summed E-state index contributed by atoms with van der Waals surface area (Å²) in [7, 11) is 1.70. The van der Waals surface area contributed by atoms with Crippen LogP contribution in [0.15, 0.2) is 18.2 Å². The quantitative estimate of drug-likeness (QED) is 0.822. The molecule has 2 heterocycles. The Kier molecular flexibility index (Phi) is 5.80. The van der Waals surface area contributed by atoms with E-state index in [1.807, 2.05) is 4.90 Å². The zero-order valence-electron chi connectivity index (χ0n) is 16.0. The molecule has 1 spiro atoms. The largest absolute Gasteiger partial charge is 0.383 e. The highest BCUT2D eigenvalue weighted by Crippen LogP contribution is 2.39. The monoisotopic (exact) mass is 344 g/mol. The van der Waals surface area contributed by atoms with Gasteiger partial charge in [0.05, 0.1) is 6.61 Å². The Morgan fingerprint density at radius 1 is 1.20 bits per heavy atom. The van der Waals surface area contributed by atoms with Crippen molar-refractivity contribution in [2.45, 2.75) is 46.1 Å². The van der Waals surface area contributed by atoms with Crippen molar-refractivity contribution in [1.82, 2.24) is 9.80 Å². The van der Waals surface area contributed by atoms with Crippen LogP contribution < -0.4 is 0 Å². The van der Waals surface area contributed by atoms with Crippen LogP contribution in [-0.4, -0.2) is 55.6 Å². The van der Waals surface area contributed by atoms with Gasteiger partial charge < -0.3 is 9.64 Å². The number of ether oxygens (including phenoxy) is 1. The van der Waals surface area contributed by atoms with Crippen LogP contribution in [0, 0.1) is 19.3 Å². The maximum Gasteiger partial charge on any atom is 0.222 e. The first kappa shape index (κ1) is 18.4. The standard InChI is InChI=1S/C21H32N2O2/c1-17-5-6-19(18(2)13-17)14-22-10-4-8-21(15-22)9-7-20(24)23(16-21)11-12-25-3/h5-6,13H,4,7-12,14-16H2,1-3H3/t21-/m1/s1. The van der Waals surface area contributed by atoms with Crippen molar-refractivity contribution in [1.29, 1.82) is 0 Å². The van der Waals surface area contributed by atoms with Gasteiger partial charge in [-0.05, 0) is 50.8 Å². The third-order valence-corrected chi connectivity index (χ3v) is 5.95. The molecule has 4 nitrogen and oxygen atoms in total. The van der Waals surface area contributed by atoms with E-state index in [4.69, 9.17) is 4.74 Å². The summed E-state index contributed by atoms with van der Waals surface area (Å²) in [6, 6.07) is 6.77. The minimum atomic E-state index is 0.276. The van der Waals surface area contributed by atoms with E-state index in [2.05, 4.69) is 36.9 Å². The van der Waals surface area contributed by atoms with E-state index in [1.54, 1.807) is 7.11 Å². The fourth-order valence-electron chi connectivity index (χ4n) is 4.55. The van der Waals surface area contributed by atoms with Crippen LogP contribution >= 0.6 is 0 Å². The van der Waals surface area contributed by atoms with E-state index >= 15 is 0 Å². The zero-order valence-corrected chi connectivity index (χ0v) is 16.0. The summed E-state index contributed by atoms with van der Waals surface area (Å²) in [6.45, 7) is 9.94. The number of likely N-dealkylation sites (tertiary alicyclic amines) is 2. The number of aryl methyl sites for hydroxylation is 2. The smallest absolute Gasteiger partial charge is 0.222 e. The average molecular weight is 344 g/mol. The Balaban J connectivity index is 1.66. The fraction of sp³-hybridized carbons (Fsp3) is 0.667. The van der Waals surface area contributed by atoms with Gasteiger partial charge in [-0.1, -0.05) is 23.8 Å². The molecule has 0 radical (unpaired) electrons. The highest BCUT2D eigenvalue weighted by molar-refractivity contribution is 5.77. The number of piperidine rings is 2. The Labute approximate surface area is 152 Å². The van der Waals surface area contributed by atoms with Crippen molar-refractivity contribution in [3.63, 3.8) is 0 Å². The first-order chi connectivity index (χ1) is 12.0. The Hall–Kier alpha value is -1.39. The molecule has 0 N–H and O–H groups in total. The van der Waals surface area contributed by atoms with Crippen LogP contribution in [0.25, 0.3) is 0 Å². The third-order valence-electron chi connectivity index (χ3n) is 5.95. The normalized spacial score (nSPS) is 24.9. The molecule has 1 amide bonds. The highest BCUT2D eigenvalue weighted by atomic mass is 16.5. The van der Waals surface area contributed by atoms with Crippen molar-refractivity contribution >= 4 is 5.91 Å². The van der Waals surface area contributed by atoms with Gasteiger partial charge in [-0.3, -0.25) is 9.69 Å². The Morgan fingerprint density at radius 3 is 2.80 bits per heavy atom. The molecule has 2 aliphatic rings. The van der Waals surface area contributed by atoms with Crippen molar-refractivity contribution in [3.8, 4) is 0 Å². The zero-order chi connectivity index (χ0) is 17.9. The van der Waals surface area contributed by atoms with E-state index in [0.717, 1.165) is 32.6 Å². The number of nitrogens with zero attached hydrogens (tertiary/aromatic N) is 2. The molecule has 2 fully saturated rings. The predicted octanol–water partition coefficient (Wildman–Crippen LogP) is 3.15. The van der Waals surface area contributed by atoms with Gasteiger partial charge in [-0.15, -0.1) is 0 Å². The molecule has 2 saturated heterocycles. The molecular formula is C21H32N2O2. The maximum absolute atomic E-state index is 12.2. The maximum atomic E-state index is 12.2. The molecule has 0 unspecified atom stereocenters. The molecule has 25 heavy (non-hydrogen) atoms. The molecule has 2 aliphatic heterocycles. The van der Waals surface area contributed by atoms with E-state index in [-0.39, 0.29) is 5.41 Å². The van der Waals surface area contributed by atoms with Gasteiger partial charge in [-0.25, -0.2) is 0 Å². The van der Waals surface area contributed by atoms with Crippen molar-refractivity contribution in [3.05, 3.63) is 34.9 Å². The van der Waals surface area contributed by atoms with E-state index < -0.39 is 0 Å². The van der Waals surface area contributed by atoms with Crippen LogP contribution in [0.2, 0.25) is 0 Å². The summed E-state index contributed by atoms with van der Waals surface area (Å²) >= 11 is 0. The number of hydrogen-bond acceptors (Lipinski definition) is 3. The number of rotatable bonds is 5. The number of carbonyl (C=O) groups is 1. The van der Waals surface area contributed by atoms with E-state index in [9.17, 15) is 4.79 Å². The molecule has 0 saturated carbocycles. The lowest BCUT2D eigenvalue weighted by Crippen LogP contribution is -2.54. The second-order valence-corrected chi connectivity index (χ2v) is 8.05. The van der Waals surface area contributed by atoms with E-state index in [0.29, 0.717) is 18.9 Å². The van der Waals surface area contributed by atoms with Gasteiger partial charge >= 0.3 is 0 Å².